The van der Waals surface area contributed by atoms with E-state index in [0.29, 0.717) is 11.3 Å². The average Bonchev–Trinajstić information content (AvgIpc) is 3.35. The predicted octanol–water partition coefficient (Wildman–Crippen LogP) is 5.41. The zero-order valence-corrected chi connectivity index (χ0v) is 19.6. The number of nitrogens with zero attached hydrogens (tertiary/aromatic N) is 3. The van der Waals surface area contributed by atoms with E-state index >= 15 is 0 Å². The summed E-state index contributed by atoms with van der Waals surface area (Å²) < 4.78 is 1.85. The van der Waals surface area contributed by atoms with Crippen molar-refractivity contribution in [2.24, 2.45) is 0 Å². The summed E-state index contributed by atoms with van der Waals surface area (Å²) in [4.78, 5) is 15.9. The first-order valence-corrected chi connectivity index (χ1v) is 12.1. The molecule has 0 radical (unpaired) electrons. The molecule has 2 heterocycles. The lowest BCUT2D eigenvalue weighted by atomic mass is 10.0. The number of carbonyl (C=O) groups is 1. The minimum atomic E-state index is -0.198. The van der Waals surface area contributed by atoms with E-state index in [2.05, 4.69) is 52.7 Å². The van der Waals surface area contributed by atoms with Crippen LogP contribution in [0.15, 0.2) is 97.2 Å². The fourth-order valence-corrected chi connectivity index (χ4v) is 4.83. The number of piperidine rings is 1. The molecule has 0 aliphatic carbocycles. The molecule has 4 aromatic rings. The molecule has 0 spiro atoms. The molecule has 0 saturated carbocycles. The average molecular weight is 461 g/mol. The van der Waals surface area contributed by atoms with Crippen molar-refractivity contribution in [2.45, 2.75) is 25.4 Å². The molecule has 0 bridgehead atoms. The van der Waals surface area contributed by atoms with Gasteiger partial charge in [-0.3, -0.25) is 9.69 Å². The normalized spacial score (nSPS) is 14.4. The first-order chi connectivity index (χ1) is 17.2. The van der Waals surface area contributed by atoms with Crippen LogP contribution in [0.4, 0.5) is 0 Å². The smallest absolute Gasteiger partial charge is 0.269 e. The second-order valence-electron chi connectivity index (χ2n) is 8.95. The summed E-state index contributed by atoms with van der Waals surface area (Å²) in [5.74, 6) is -0.198. The van der Waals surface area contributed by atoms with Crippen molar-refractivity contribution < 1.29 is 4.79 Å². The highest BCUT2D eigenvalue weighted by atomic mass is 16.2. The lowest BCUT2D eigenvalue weighted by molar-refractivity contribution is 0.0902. The van der Waals surface area contributed by atoms with Gasteiger partial charge in [-0.25, -0.2) is 0 Å². The van der Waals surface area contributed by atoms with Gasteiger partial charge in [0.25, 0.3) is 5.91 Å². The van der Waals surface area contributed by atoms with E-state index in [0.717, 1.165) is 49.3 Å². The quantitative estimate of drug-likeness (QED) is 0.418. The van der Waals surface area contributed by atoms with Crippen molar-refractivity contribution in [3.05, 3.63) is 114 Å². The van der Waals surface area contributed by atoms with Gasteiger partial charge in [-0.1, -0.05) is 78.9 Å². The molecule has 35 heavy (non-hydrogen) atoms. The lowest BCUT2D eigenvalue weighted by Crippen LogP contribution is -2.44. The first-order valence-electron chi connectivity index (χ1n) is 12.1. The highest BCUT2D eigenvalue weighted by Gasteiger charge is 2.25. The molecular weight excluding hydrogens is 432 g/mol. The van der Waals surface area contributed by atoms with Gasteiger partial charge in [-0.15, -0.1) is 0 Å². The molecule has 1 aliphatic rings. The largest absolute Gasteiger partial charge is 0.348 e. The number of aromatic nitrogens is 1. The molecule has 0 unspecified atom stereocenters. The molecule has 5 heteroatoms. The van der Waals surface area contributed by atoms with E-state index in [1.807, 2.05) is 59.3 Å². The molecule has 5 nitrogen and oxygen atoms in total. The van der Waals surface area contributed by atoms with Crippen molar-refractivity contribution in [3.8, 4) is 22.9 Å². The number of likely N-dealkylation sites (tertiary alicyclic amines) is 1. The van der Waals surface area contributed by atoms with Gasteiger partial charge in [0, 0.05) is 37.4 Å². The molecule has 3 aromatic carbocycles. The molecule has 1 amide bonds. The van der Waals surface area contributed by atoms with E-state index in [1.165, 1.54) is 5.56 Å². The van der Waals surface area contributed by atoms with Gasteiger partial charge in [-0.2, -0.15) is 5.26 Å². The van der Waals surface area contributed by atoms with Crippen LogP contribution in [0, 0.1) is 11.3 Å². The molecular formula is C30H28N4O. The highest BCUT2D eigenvalue weighted by molar-refractivity contribution is 5.96. The van der Waals surface area contributed by atoms with Crippen LogP contribution in [-0.4, -0.2) is 34.5 Å². The topological polar surface area (TPSA) is 61.1 Å². The van der Waals surface area contributed by atoms with E-state index in [-0.39, 0.29) is 11.9 Å². The maximum Gasteiger partial charge on any atom is 0.269 e. The van der Waals surface area contributed by atoms with Gasteiger partial charge in [0.2, 0.25) is 0 Å². The fourth-order valence-electron chi connectivity index (χ4n) is 4.83. The molecule has 1 aliphatic heterocycles. The summed E-state index contributed by atoms with van der Waals surface area (Å²) in [6.07, 6.45) is 3.60. The Hall–Kier alpha value is -4.14. The molecule has 5 rings (SSSR count). The Morgan fingerprint density at radius 3 is 2.26 bits per heavy atom. The summed E-state index contributed by atoms with van der Waals surface area (Å²) in [5, 5.41) is 13.0. The first kappa shape index (κ1) is 22.6. The van der Waals surface area contributed by atoms with Crippen molar-refractivity contribution >= 4 is 5.91 Å². The molecule has 1 N–H and O–H groups in total. The predicted molar refractivity (Wildman–Crippen MR) is 138 cm³/mol. The van der Waals surface area contributed by atoms with Crippen LogP contribution in [0.2, 0.25) is 0 Å². The van der Waals surface area contributed by atoms with Crippen LogP contribution in [-0.2, 0) is 6.54 Å². The van der Waals surface area contributed by atoms with Gasteiger partial charge < -0.3 is 9.88 Å². The third-order valence-electron chi connectivity index (χ3n) is 6.64. The van der Waals surface area contributed by atoms with Crippen LogP contribution in [0.3, 0.4) is 0 Å². The van der Waals surface area contributed by atoms with Gasteiger partial charge in [0.15, 0.2) is 0 Å². The second-order valence-corrected chi connectivity index (χ2v) is 8.95. The number of para-hydroxylation sites is 1. The fraction of sp³-hybridized carbons (Fsp3) is 0.200. The Bertz CT molecular complexity index is 1330. The van der Waals surface area contributed by atoms with Crippen molar-refractivity contribution in [1.82, 2.24) is 14.8 Å². The summed E-state index contributed by atoms with van der Waals surface area (Å²) in [6.45, 7) is 2.80. The molecule has 1 fully saturated rings. The number of benzene rings is 3. The second kappa shape index (κ2) is 10.4. The Balaban J connectivity index is 1.34. The highest BCUT2D eigenvalue weighted by Crippen LogP contribution is 2.29. The van der Waals surface area contributed by atoms with Crippen molar-refractivity contribution in [1.29, 1.82) is 5.26 Å². The zero-order valence-electron chi connectivity index (χ0n) is 19.6. The van der Waals surface area contributed by atoms with Gasteiger partial charge in [0.1, 0.15) is 11.8 Å². The zero-order chi connectivity index (χ0) is 24.0. The van der Waals surface area contributed by atoms with E-state index < -0.39 is 0 Å². The summed E-state index contributed by atoms with van der Waals surface area (Å²) in [6, 6.07) is 32.6. The van der Waals surface area contributed by atoms with Crippen molar-refractivity contribution in [3.63, 3.8) is 0 Å². The van der Waals surface area contributed by atoms with Crippen LogP contribution in [0.1, 0.15) is 34.5 Å². The molecule has 1 saturated heterocycles. The van der Waals surface area contributed by atoms with Crippen molar-refractivity contribution in [2.75, 3.05) is 13.1 Å². The minimum Gasteiger partial charge on any atom is -0.348 e. The number of nitrogens with one attached hydrogen (secondary N) is 1. The number of hydrogen-bond acceptors (Lipinski definition) is 3. The number of hydrogen-bond donors (Lipinski definition) is 1. The summed E-state index contributed by atoms with van der Waals surface area (Å²) >= 11 is 0. The molecule has 0 atom stereocenters. The SMILES string of the molecule is N#Cc1ccn(-c2ccccc2-c2ccccc2)c1C(=O)NC1CCN(Cc2ccccc2)CC1. The van der Waals surface area contributed by atoms with Crippen LogP contribution in [0.5, 0.6) is 0 Å². The lowest BCUT2D eigenvalue weighted by Gasteiger charge is -2.32. The summed E-state index contributed by atoms with van der Waals surface area (Å²) in [7, 11) is 0. The number of carbonyl (C=O) groups excluding carboxylic acids is 1. The monoisotopic (exact) mass is 460 g/mol. The van der Waals surface area contributed by atoms with Gasteiger partial charge in [-0.05, 0) is 36.1 Å². The molecule has 1 aromatic heterocycles. The van der Waals surface area contributed by atoms with Gasteiger partial charge >= 0.3 is 0 Å². The van der Waals surface area contributed by atoms with E-state index in [4.69, 9.17) is 0 Å². The third-order valence-corrected chi connectivity index (χ3v) is 6.64. The maximum absolute atomic E-state index is 13.5. The number of nitriles is 1. The Labute approximate surface area is 206 Å². The van der Waals surface area contributed by atoms with E-state index in [1.54, 1.807) is 6.07 Å². The van der Waals surface area contributed by atoms with Crippen LogP contribution >= 0.6 is 0 Å². The Morgan fingerprint density at radius 1 is 0.886 bits per heavy atom. The Kier molecular flexibility index (Phi) is 6.74. The minimum absolute atomic E-state index is 0.0915. The third kappa shape index (κ3) is 5.03. The van der Waals surface area contributed by atoms with Crippen LogP contribution in [0.25, 0.3) is 16.8 Å². The standard InChI is InChI=1S/C30H28N4O/c31-21-25-15-20-34(28-14-8-7-13-27(28)24-11-5-2-6-12-24)29(25)30(35)32-26-16-18-33(19-17-26)22-23-9-3-1-4-10-23/h1-15,20,26H,16-19,22H2,(H,32,35). The number of rotatable bonds is 6. The number of amides is 1. The maximum atomic E-state index is 13.5. The van der Waals surface area contributed by atoms with Crippen LogP contribution < -0.4 is 5.32 Å². The Morgan fingerprint density at radius 2 is 1.54 bits per heavy atom. The van der Waals surface area contributed by atoms with Gasteiger partial charge in [0.05, 0.1) is 11.3 Å². The van der Waals surface area contributed by atoms with E-state index in [9.17, 15) is 10.1 Å². The summed E-state index contributed by atoms with van der Waals surface area (Å²) in [5.41, 5.74) is 5.03. The molecule has 174 valence electrons.